The third kappa shape index (κ3) is 5.88. The van der Waals surface area contributed by atoms with E-state index in [0.29, 0.717) is 16.3 Å². The Morgan fingerprint density at radius 1 is 1.12 bits per heavy atom. The molecule has 0 amide bonds. The average molecular weight is 694 g/mol. The van der Waals surface area contributed by atoms with Crippen molar-refractivity contribution in [3.63, 3.8) is 0 Å². The maximum absolute atomic E-state index is 14.1. The third-order valence-electron chi connectivity index (χ3n) is 12.0. The largest absolute Gasteiger partial charge is 0.454 e. The first-order valence-electron chi connectivity index (χ1n) is 17.6. The highest BCUT2D eigenvalue weighted by atomic mass is 35.5. The number of esters is 2. The van der Waals surface area contributed by atoms with Gasteiger partial charge in [-0.05, 0) is 66.7 Å². The van der Waals surface area contributed by atoms with Gasteiger partial charge in [-0.25, -0.2) is 0 Å². The molecule has 2 fully saturated rings. The van der Waals surface area contributed by atoms with Gasteiger partial charge in [0, 0.05) is 51.5 Å². The summed E-state index contributed by atoms with van der Waals surface area (Å²) < 4.78 is 12.1. The van der Waals surface area contributed by atoms with Crippen LogP contribution in [0.5, 0.6) is 0 Å². The predicted octanol–water partition coefficient (Wildman–Crippen LogP) is 4.49. The highest BCUT2D eigenvalue weighted by Crippen LogP contribution is 2.53. The summed E-state index contributed by atoms with van der Waals surface area (Å²) in [4.78, 5) is 35.0. The van der Waals surface area contributed by atoms with Gasteiger partial charge in [-0.1, -0.05) is 67.9 Å². The fourth-order valence-corrected chi connectivity index (χ4v) is 9.71. The van der Waals surface area contributed by atoms with Crippen LogP contribution >= 0.6 is 11.6 Å². The first-order valence-corrected chi connectivity index (χ1v) is 17.9. The van der Waals surface area contributed by atoms with E-state index < -0.39 is 47.6 Å². The molecule has 11 heteroatoms. The van der Waals surface area contributed by atoms with E-state index in [-0.39, 0.29) is 30.1 Å². The van der Waals surface area contributed by atoms with Crippen LogP contribution in [0, 0.1) is 23.7 Å². The van der Waals surface area contributed by atoms with Gasteiger partial charge < -0.3 is 19.7 Å². The summed E-state index contributed by atoms with van der Waals surface area (Å²) in [7, 11) is 1.69. The van der Waals surface area contributed by atoms with Gasteiger partial charge in [0.1, 0.15) is 17.2 Å². The summed E-state index contributed by atoms with van der Waals surface area (Å²) in [5.74, 6) is -1.37. The third-order valence-corrected chi connectivity index (χ3v) is 12.3. The molecule has 264 valence electrons. The molecule has 0 aromatic heterocycles. The molecule has 1 saturated carbocycles. The van der Waals surface area contributed by atoms with Gasteiger partial charge in [0.05, 0.1) is 10.7 Å². The van der Waals surface area contributed by atoms with Crippen molar-refractivity contribution in [2.75, 3.05) is 25.2 Å². The molecule has 7 rings (SSSR count). The van der Waals surface area contributed by atoms with Crippen LogP contribution in [-0.4, -0.2) is 77.3 Å². The van der Waals surface area contributed by atoms with Crippen LogP contribution in [0.3, 0.4) is 0 Å². The zero-order valence-electron chi connectivity index (χ0n) is 28.9. The number of fused-ring (bicyclic) bond motifs is 5. The molecule has 5 aliphatic rings. The van der Waals surface area contributed by atoms with Gasteiger partial charge in [0.15, 0.2) is 18.4 Å². The number of aliphatic hydroxyl groups is 2. The van der Waals surface area contributed by atoms with Crippen LogP contribution in [0.15, 0.2) is 54.1 Å². The smallest absolute Gasteiger partial charge is 0.323 e. The topological polar surface area (TPSA) is 121 Å². The van der Waals surface area contributed by atoms with Crippen molar-refractivity contribution in [2.24, 2.45) is 23.7 Å². The summed E-state index contributed by atoms with van der Waals surface area (Å²) in [6, 6.07) is 12.9. The van der Waals surface area contributed by atoms with Gasteiger partial charge in [-0.15, -0.1) is 0 Å². The summed E-state index contributed by atoms with van der Waals surface area (Å²) in [5, 5.41) is 29.8. The summed E-state index contributed by atoms with van der Waals surface area (Å²) >= 11 is 6.47. The van der Waals surface area contributed by atoms with Crippen LogP contribution in [-0.2, 0) is 42.5 Å². The Hall–Kier alpha value is -2.99. The summed E-state index contributed by atoms with van der Waals surface area (Å²) in [6.45, 7) is 10.2. The highest BCUT2D eigenvalue weighted by molar-refractivity contribution is 6.33. The second-order valence-corrected chi connectivity index (χ2v) is 15.5. The summed E-state index contributed by atoms with van der Waals surface area (Å²) in [5.41, 5.74) is 1.57. The molecule has 2 aromatic carbocycles. The monoisotopic (exact) mass is 693 g/mol. The second-order valence-electron chi connectivity index (χ2n) is 15.1. The van der Waals surface area contributed by atoms with Crippen molar-refractivity contribution in [3.05, 3.63) is 75.8 Å². The number of hydrogen-bond donors (Lipinski definition) is 3. The average Bonchev–Trinajstić information content (AvgIpc) is 3.41. The number of anilines is 1. The molecule has 2 aliphatic carbocycles. The molecule has 49 heavy (non-hydrogen) atoms. The number of halogens is 1. The number of nitrogens with one attached hydrogen (secondary N) is 1. The molecular formula is C38H48ClN3O7. The number of carbonyl (C=O) groups excluding carboxylic acids is 2. The number of nitrogens with zero attached hydrogens (tertiary/aromatic N) is 2. The number of carbonyl (C=O) groups is 2. The lowest BCUT2D eigenvalue weighted by Gasteiger charge is -2.56. The Morgan fingerprint density at radius 3 is 2.63 bits per heavy atom. The minimum Gasteiger partial charge on any atom is -0.454 e. The standard InChI is InChI=1S/C38H48ClN3O7/c1-21-17-29-27(22(2)19-42-16-15-25-9-6-7-10-26(25)20-42)14-13-23(3)38(29,46)34(33(21)47-24(4)43)48-35(44)31-18-37(45)28-11-8-12-30(39)32(28)41(5)49-36(37)40-31/h6-12,17,22-23,27,29,31,33-34,36,40,45-46H,13-16,18-20H2,1-5H3/t22?,23-,27+,29-,31+,33-,34+,36-,37-,38-/m1/s1. The first-order chi connectivity index (χ1) is 23.3. The highest BCUT2D eigenvalue weighted by Gasteiger charge is 2.62. The first kappa shape index (κ1) is 34.5. The maximum atomic E-state index is 14.1. The van der Waals surface area contributed by atoms with E-state index in [1.54, 1.807) is 25.2 Å². The molecular weight excluding hydrogens is 646 g/mol. The Kier molecular flexibility index (Phi) is 9.12. The van der Waals surface area contributed by atoms with Crippen molar-refractivity contribution in [1.82, 2.24) is 10.2 Å². The van der Waals surface area contributed by atoms with Gasteiger partial charge >= 0.3 is 11.9 Å². The minimum atomic E-state index is -1.55. The van der Waals surface area contributed by atoms with E-state index in [4.69, 9.17) is 25.9 Å². The van der Waals surface area contributed by atoms with E-state index in [0.717, 1.165) is 44.5 Å². The van der Waals surface area contributed by atoms with E-state index in [2.05, 4.69) is 47.5 Å². The molecule has 1 unspecified atom stereocenters. The molecule has 3 N–H and O–H groups in total. The van der Waals surface area contributed by atoms with Crippen LogP contribution in [0.1, 0.15) is 63.6 Å². The minimum absolute atomic E-state index is 0.0342. The Balaban J connectivity index is 1.15. The number of rotatable bonds is 6. The molecule has 10 atom stereocenters. The van der Waals surface area contributed by atoms with Crippen molar-refractivity contribution in [2.45, 2.75) is 95.6 Å². The Morgan fingerprint density at radius 2 is 1.88 bits per heavy atom. The lowest BCUT2D eigenvalue weighted by molar-refractivity contribution is -0.225. The van der Waals surface area contributed by atoms with Crippen molar-refractivity contribution >= 4 is 29.2 Å². The number of para-hydroxylation sites is 1. The fourth-order valence-electron chi connectivity index (χ4n) is 9.41. The number of benzene rings is 2. The summed E-state index contributed by atoms with van der Waals surface area (Å²) in [6.07, 6.45) is 1.68. The predicted molar refractivity (Wildman–Crippen MR) is 184 cm³/mol. The van der Waals surface area contributed by atoms with Gasteiger partial charge in [0.25, 0.3) is 0 Å². The SMILES string of the molecule is CC(=O)O[C@@H]1C(C)=C[C@@H]2[C@H](C(C)CN3CCc4ccccc4C3)CC[C@@H](C)[C@]2(O)[C@H]1OC(=O)[C@@H]1C[C@@]2(O)c3cccc(Cl)c3N(C)O[C@H]2N1. The van der Waals surface area contributed by atoms with E-state index in [1.165, 1.54) is 23.1 Å². The van der Waals surface area contributed by atoms with Gasteiger partial charge in [-0.2, -0.15) is 0 Å². The molecule has 3 heterocycles. The molecule has 0 spiro atoms. The van der Waals surface area contributed by atoms with Crippen molar-refractivity contribution < 1.29 is 34.1 Å². The normalized spacial score (nSPS) is 36.0. The van der Waals surface area contributed by atoms with Crippen molar-refractivity contribution in [3.8, 4) is 0 Å². The van der Waals surface area contributed by atoms with Gasteiger partial charge in [0.2, 0.25) is 0 Å². The second kappa shape index (κ2) is 13.0. The molecule has 0 bridgehead atoms. The quantitative estimate of drug-likeness (QED) is 0.295. The maximum Gasteiger partial charge on any atom is 0.323 e. The number of ether oxygens (including phenoxy) is 2. The molecule has 3 aliphatic heterocycles. The number of hydroxylamine groups is 1. The van der Waals surface area contributed by atoms with E-state index >= 15 is 0 Å². The molecule has 1 saturated heterocycles. The lowest BCUT2D eigenvalue weighted by Crippen LogP contribution is -2.66. The van der Waals surface area contributed by atoms with E-state index in [9.17, 15) is 19.8 Å². The fraction of sp³-hybridized carbons (Fsp3) is 0.579. The molecule has 0 radical (unpaired) electrons. The Bertz CT molecular complexity index is 1650. The Labute approximate surface area is 293 Å². The van der Waals surface area contributed by atoms with Crippen LogP contribution in [0.2, 0.25) is 5.02 Å². The van der Waals surface area contributed by atoms with Crippen molar-refractivity contribution in [1.29, 1.82) is 0 Å². The molecule has 10 nitrogen and oxygen atoms in total. The number of hydrogen-bond acceptors (Lipinski definition) is 10. The zero-order chi connectivity index (χ0) is 34.8. The van der Waals surface area contributed by atoms with Gasteiger partial charge in [-0.3, -0.25) is 29.7 Å². The zero-order valence-corrected chi connectivity index (χ0v) is 29.7. The molecule has 2 aromatic rings. The van der Waals surface area contributed by atoms with Crippen LogP contribution in [0.4, 0.5) is 5.69 Å². The van der Waals surface area contributed by atoms with E-state index in [1.807, 2.05) is 13.8 Å². The lowest BCUT2D eigenvalue weighted by atomic mass is 9.55. The van der Waals surface area contributed by atoms with Crippen LogP contribution < -0.4 is 10.4 Å². The van der Waals surface area contributed by atoms with Crippen LogP contribution in [0.25, 0.3) is 0 Å².